The van der Waals surface area contributed by atoms with Crippen molar-refractivity contribution >= 4 is 43.2 Å². The smallest absolute Gasteiger partial charge is 0.161 e. The molecule has 1 unspecified atom stereocenters. The van der Waals surface area contributed by atoms with Crippen LogP contribution in [0.25, 0.3) is 0 Å². The second kappa shape index (κ2) is 6.50. The van der Waals surface area contributed by atoms with Crippen molar-refractivity contribution in [1.82, 2.24) is 0 Å². The van der Waals surface area contributed by atoms with Gasteiger partial charge < -0.3 is 9.47 Å². The lowest BCUT2D eigenvalue weighted by Crippen LogP contribution is -1.98. The largest absolute Gasteiger partial charge is 0.493 e. The topological polar surface area (TPSA) is 18.5 Å². The first-order valence-electron chi connectivity index (χ1n) is 6.10. The Bertz CT molecular complexity index is 603. The molecule has 0 N–H and O–H groups in total. The molecule has 0 saturated heterocycles. The zero-order chi connectivity index (χ0) is 14.9. The van der Waals surface area contributed by atoms with E-state index in [-0.39, 0.29) is 4.83 Å². The summed E-state index contributed by atoms with van der Waals surface area (Å²) in [4.78, 5) is 1.42. The van der Waals surface area contributed by atoms with E-state index in [4.69, 9.17) is 9.47 Å². The fourth-order valence-electron chi connectivity index (χ4n) is 2.03. The van der Waals surface area contributed by atoms with Gasteiger partial charge >= 0.3 is 0 Å². The standard InChI is InChI=1S/C15H16Br2O2S/c1-8-5-11(18-3)12(19-4)7-10(8)14(16)13-6-9(2)15(17)20-13/h5-7,14H,1-4H3. The van der Waals surface area contributed by atoms with Crippen LogP contribution in [-0.4, -0.2) is 14.2 Å². The van der Waals surface area contributed by atoms with Crippen LogP contribution in [0.4, 0.5) is 0 Å². The summed E-state index contributed by atoms with van der Waals surface area (Å²) in [5.41, 5.74) is 3.62. The molecule has 1 aromatic carbocycles. The maximum atomic E-state index is 5.40. The van der Waals surface area contributed by atoms with E-state index in [2.05, 4.69) is 51.8 Å². The number of rotatable bonds is 4. The normalized spacial score (nSPS) is 12.3. The van der Waals surface area contributed by atoms with Crippen molar-refractivity contribution in [3.63, 3.8) is 0 Å². The summed E-state index contributed by atoms with van der Waals surface area (Å²) < 4.78 is 11.9. The molecule has 2 nitrogen and oxygen atoms in total. The average Bonchev–Trinajstić information content (AvgIpc) is 2.77. The molecule has 2 rings (SSSR count). The highest BCUT2D eigenvalue weighted by molar-refractivity contribution is 9.11. The van der Waals surface area contributed by atoms with Gasteiger partial charge in [0.1, 0.15) is 0 Å². The first kappa shape index (κ1) is 15.9. The minimum atomic E-state index is 0.150. The van der Waals surface area contributed by atoms with E-state index in [1.54, 1.807) is 25.6 Å². The molecule has 0 aliphatic carbocycles. The third kappa shape index (κ3) is 3.05. The molecule has 1 atom stereocenters. The van der Waals surface area contributed by atoms with Crippen molar-refractivity contribution in [1.29, 1.82) is 0 Å². The van der Waals surface area contributed by atoms with Crippen LogP contribution in [0, 0.1) is 13.8 Å². The van der Waals surface area contributed by atoms with E-state index >= 15 is 0 Å². The Morgan fingerprint density at radius 3 is 2.10 bits per heavy atom. The van der Waals surface area contributed by atoms with Crippen LogP contribution < -0.4 is 9.47 Å². The Balaban J connectivity index is 2.46. The predicted octanol–water partition coefficient (Wildman–Crippen LogP) is 5.63. The summed E-state index contributed by atoms with van der Waals surface area (Å²) in [6.45, 7) is 4.19. The van der Waals surface area contributed by atoms with E-state index < -0.39 is 0 Å². The zero-order valence-corrected chi connectivity index (χ0v) is 15.8. The van der Waals surface area contributed by atoms with Crippen molar-refractivity contribution in [3.8, 4) is 11.5 Å². The van der Waals surface area contributed by atoms with Crippen LogP contribution in [-0.2, 0) is 0 Å². The van der Waals surface area contributed by atoms with Crippen LogP contribution in [0.15, 0.2) is 22.0 Å². The summed E-state index contributed by atoms with van der Waals surface area (Å²) in [5.74, 6) is 1.52. The van der Waals surface area contributed by atoms with Crippen molar-refractivity contribution in [2.75, 3.05) is 14.2 Å². The Labute approximate surface area is 140 Å². The van der Waals surface area contributed by atoms with Gasteiger partial charge in [-0.2, -0.15) is 0 Å². The quantitative estimate of drug-likeness (QED) is 0.598. The van der Waals surface area contributed by atoms with E-state index in [0.717, 1.165) is 11.5 Å². The lowest BCUT2D eigenvalue weighted by atomic mass is 10.0. The van der Waals surface area contributed by atoms with Gasteiger partial charge in [-0.05, 0) is 64.7 Å². The zero-order valence-electron chi connectivity index (χ0n) is 11.8. The highest BCUT2D eigenvalue weighted by Gasteiger charge is 2.19. The number of hydrogen-bond donors (Lipinski definition) is 0. The van der Waals surface area contributed by atoms with E-state index in [1.807, 2.05) is 12.1 Å². The lowest BCUT2D eigenvalue weighted by Gasteiger charge is -2.16. The fourth-order valence-corrected chi connectivity index (χ4v) is 4.51. The van der Waals surface area contributed by atoms with Crippen LogP contribution in [0.1, 0.15) is 26.4 Å². The molecule has 0 aliphatic heterocycles. The second-order valence-electron chi connectivity index (χ2n) is 4.53. The van der Waals surface area contributed by atoms with Crippen LogP contribution >= 0.6 is 43.2 Å². The summed E-state index contributed by atoms with van der Waals surface area (Å²) in [7, 11) is 3.31. The molecule has 0 radical (unpaired) electrons. The van der Waals surface area contributed by atoms with E-state index in [1.165, 1.54) is 25.4 Å². The highest BCUT2D eigenvalue weighted by atomic mass is 79.9. The Hall–Kier alpha value is -0.520. The highest BCUT2D eigenvalue weighted by Crippen LogP contribution is 2.42. The number of methoxy groups -OCH3 is 2. The van der Waals surface area contributed by atoms with Gasteiger partial charge in [0.25, 0.3) is 0 Å². The number of thiophene rings is 1. The van der Waals surface area contributed by atoms with Crippen molar-refractivity contribution < 1.29 is 9.47 Å². The molecule has 108 valence electrons. The third-order valence-corrected chi connectivity index (χ3v) is 6.66. The van der Waals surface area contributed by atoms with Gasteiger partial charge in [-0.1, -0.05) is 15.9 Å². The first-order chi connectivity index (χ1) is 9.47. The predicted molar refractivity (Wildman–Crippen MR) is 91.8 cm³/mol. The first-order valence-corrected chi connectivity index (χ1v) is 8.62. The average molecular weight is 420 g/mol. The summed E-state index contributed by atoms with van der Waals surface area (Å²) in [6.07, 6.45) is 0. The molecular weight excluding hydrogens is 404 g/mol. The van der Waals surface area contributed by atoms with Crippen LogP contribution in [0.5, 0.6) is 11.5 Å². The maximum Gasteiger partial charge on any atom is 0.161 e. The Morgan fingerprint density at radius 2 is 1.60 bits per heavy atom. The number of ether oxygens (including phenoxy) is 2. The van der Waals surface area contributed by atoms with Crippen LogP contribution in [0.2, 0.25) is 0 Å². The van der Waals surface area contributed by atoms with E-state index in [0.29, 0.717) is 0 Å². The van der Waals surface area contributed by atoms with Gasteiger partial charge in [-0.25, -0.2) is 0 Å². The number of hydrogen-bond acceptors (Lipinski definition) is 3. The lowest BCUT2D eigenvalue weighted by molar-refractivity contribution is 0.354. The number of aryl methyl sites for hydroxylation is 2. The monoisotopic (exact) mass is 418 g/mol. The van der Waals surface area contributed by atoms with Crippen molar-refractivity contribution in [3.05, 3.63) is 43.6 Å². The molecule has 0 fully saturated rings. The molecule has 20 heavy (non-hydrogen) atoms. The third-order valence-electron chi connectivity index (χ3n) is 3.17. The number of halogens is 2. The molecule has 0 spiro atoms. The van der Waals surface area contributed by atoms with E-state index in [9.17, 15) is 0 Å². The minimum Gasteiger partial charge on any atom is -0.493 e. The van der Waals surface area contributed by atoms with Gasteiger partial charge in [0.2, 0.25) is 0 Å². The number of benzene rings is 1. The molecule has 0 bridgehead atoms. The summed E-state index contributed by atoms with van der Waals surface area (Å²) >= 11 is 9.12. The van der Waals surface area contributed by atoms with Crippen LogP contribution in [0.3, 0.4) is 0 Å². The molecule has 5 heteroatoms. The molecule has 1 aromatic heterocycles. The SMILES string of the molecule is COc1cc(C)c(C(Br)c2cc(C)c(Br)s2)cc1OC. The molecule has 2 aromatic rings. The van der Waals surface area contributed by atoms with Crippen molar-refractivity contribution in [2.45, 2.75) is 18.7 Å². The van der Waals surface area contributed by atoms with Gasteiger partial charge in [0.15, 0.2) is 11.5 Å². The molecule has 0 saturated carbocycles. The van der Waals surface area contributed by atoms with Gasteiger partial charge in [-0.3, -0.25) is 0 Å². The molecule has 1 heterocycles. The van der Waals surface area contributed by atoms with Gasteiger partial charge in [0, 0.05) is 4.88 Å². The second-order valence-corrected chi connectivity index (χ2v) is 7.85. The number of alkyl halides is 1. The van der Waals surface area contributed by atoms with Gasteiger partial charge in [-0.15, -0.1) is 11.3 Å². The maximum absolute atomic E-state index is 5.40. The van der Waals surface area contributed by atoms with Gasteiger partial charge in [0.05, 0.1) is 22.8 Å². The summed E-state index contributed by atoms with van der Waals surface area (Å²) in [6, 6.07) is 6.25. The Kier molecular flexibility index (Phi) is 5.15. The molecule has 0 aliphatic rings. The van der Waals surface area contributed by atoms with Crippen molar-refractivity contribution in [2.24, 2.45) is 0 Å². The fraction of sp³-hybridized carbons (Fsp3) is 0.333. The molecule has 0 amide bonds. The summed E-state index contributed by atoms with van der Waals surface area (Å²) in [5, 5.41) is 0. The molecular formula is C15H16Br2O2S. The minimum absolute atomic E-state index is 0.150. The Morgan fingerprint density at radius 1 is 1.00 bits per heavy atom.